The lowest BCUT2D eigenvalue weighted by Crippen LogP contribution is -2.32. The summed E-state index contributed by atoms with van der Waals surface area (Å²) in [4.78, 5) is 16.9. The molecular weight excluding hydrogens is 340 g/mol. The topological polar surface area (TPSA) is 77.7 Å². The third kappa shape index (κ3) is 4.77. The van der Waals surface area contributed by atoms with Crippen LogP contribution in [0.25, 0.3) is 6.08 Å². The van der Waals surface area contributed by atoms with Gasteiger partial charge >= 0.3 is 0 Å². The number of likely N-dealkylation sites (N-methyl/N-ethyl adjacent to an activating group) is 1. The lowest BCUT2D eigenvalue weighted by atomic mass is 10.1. The lowest BCUT2D eigenvalue weighted by Gasteiger charge is -2.21. The molecule has 1 N–H and O–H groups in total. The summed E-state index contributed by atoms with van der Waals surface area (Å²) in [5, 5.41) is 8.36. The second-order valence-electron chi connectivity index (χ2n) is 6.24. The highest BCUT2D eigenvalue weighted by atomic mass is 16.5. The van der Waals surface area contributed by atoms with E-state index < -0.39 is 0 Å². The molecule has 0 atom stereocenters. The molecule has 7 heteroatoms. The average Bonchev–Trinajstić information content (AvgIpc) is 3.09. The Morgan fingerprint density at radius 3 is 2.74 bits per heavy atom. The van der Waals surface area contributed by atoms with E-state index in [1.807, 2.05) is 43.7 Å². The van der Waals surface area contributed by atoms with Gasteiger partial charge in [-0.05, 0) is 41.8 Å². The highest BCUT2D eigenvalue weighted by molar-refractivity contribution is 6.17. The van der Waals surface area contributed by atoms with E-state index in [0.717, 1.165) is 35.6 Å². The van der Waals surface area contributed by atoms with Gasteiger partial charge in [0.1, 0.15) is 5.84 Å². The van der Waals surface area contributed by atoms with Crippen LogP contribution in [-0.2, 0) is 4.74 Å². The Balaban J connectivity index is 1.93. The number of hydrogen-bond donors (Lipinski definition) is 1. The SMILES string of the molecule is COCCN(C)C(=N)N=C1C(=Cc2cccnc2)CCN1c1cccnc1. The zero-order chi connectivity index (χ0) is 19.1. The van der Waals surface area contributed by atoms with Crippen LogP contribution in [0.4, 0.5) is 5.69 Å². The maximum atomic E-state index is 8.36. The van der Waals surface area contributed by atoms with Gasteiger partial charge in [-0.25, -0.2) is 0 Å². The van der Waals surface area contributed by atoms with Gasteiger partial charge in [-0.15, -0.1) is 0 Å². The number of ether oxygens (including phenoxy) is 1. The molecule has 1 fully saturated rings. The fourth-order valence-electron chi connectivity index (χ4n) is 2.84. The van der Waals surface area contributed by atoms with Crippen molar-refractivity contribution >= 4 is 23.6 Å². The number of methoxy groups -OCH3 is 1. The number of nitrogens with zero attached hydrogens (tertiary/aromatic N) is 5. The molecule has 1 aliphatic rings. The molecule has 2 aromatic heterocycles. The number of guanidine groups is 1. The molecule has 3 rings (SSSR count). The summed E-state index contributed by atoms with van der Waals surface area (Å²) in [5.41, 5.74) is 3.07. The number of hydrogen-bond acceptors (Lipinski definition) is 4. The van der Waals surface area contributed by atoms with E-state index in [1.165, 1.54) is 0 Å². The van der Waals surface area contributed by atoms with Crippen LogP contribution in [0.3, 0.4) is 0 Å². The molecule has 0 spiro atoms. The fraction of sp³-hybridized carbons (Fsp3) is 0.300. The Morgan fingerprint density at radius 2 is 2.07 bits per heavy atom. The molecule has 0 saturated carbocycles. The quantitative estimate of drug-likeness (QED) is 0.652. The number of aromatic nitrogens is 2. The van der Waals surface area contributed by atoms with Crippen LogP contribution in [0.15, 0.2) is 59.6 Å². The summed E-state index contributed by atoms with van der Waals surface area (Å²) >= 11 is 0. The highest BCUT2D eigenvalue weighted by Crippen LogP contribution is 2.26. The summed E-state index contributed by atoms with van der Waals surface area (Å²) in [5.74, 6) is 0.982. The monoisotopic (exact) mass is 364 g/mol. The summed E-state index contributed by atoms with van der Waals surface area (Å²) in [6, 6.07) is 7.84. The van der Waals surface area contributed by atoms with Crippen molar-refractivity contribution in [3.8, 4) is 0 Å². The second-order valence-corrected chi connectivity index (χ2v) is 6.24. The molecule has 0 aromatic carbocycles. The first-order chi connectivity index (χ1) is 13.2. The molecule has 0 bridgehead atoms. The largest absolute Gasteiger partial charge is 0.383 e. The predicted octanol–water partition coefficient (Wildman–Crippen LogP) is 2.68. The van der Waals surface area contributed by atoms with Crippen LogP contribution < -0.4 is 4.90 Å². The van der Waals surface area contributed by atoms with Crippen molar-refractivity contribution in [1.29, 1.82) is 5.41 Å². The van der Waals surface area contributed by atoms with Crippen LogP contribution in [0.2, 0.25) is 0 Å². The number of rotatable bonds is 5. The normalized spacial score (nSPS) is 16.9. The van der Waals surface area contributed by atoms with E-state index >= 15 is 0 Å². The van der Waals surface area contributed by atoms with Crippen molar-refractivity contribution in [2.45, 2.75) is 6.42 Å². The van der Waals surface area contributed by atoms with Crippen molar-refractivity contribution in [2.75, 3.05) is 38.8 Å². The Labute approximate surface area is 159 Å². The van der Waals surface area contributed by atoms with Crippen LogP contribution in [0.1, 0.15) is 12.0 Å². The third-order valence-corrected chi connectivity index (χ3v) is 4.33. The van der Waals surface area contributed by atoms with Crippen LogP contribution in [-0.4, -0.2) is 60.5 Å². The van der Waals surface area contributed by atoms with Crippen molar-refractivity contribution in [1.82, 2.24) is 14.9 Å². The Hall–Kier alpha value is -3.06. The van der Waals surface area contributed by atoms with Gasteiger partial charge in [-0.2, -0.15) is 4.99 Å². The molecule has 1 saturated heterocycles. The van der Waals surface area contributed by atoms with Crippen LogP contribution in [0, 0.1) is 5.41 Å². The summed E-state index contributed by atoms with van der Waals surface area (Å²) in [6.45, 7) is 1.96. The molecule has 3 heterocycles. The molecule has 0 amide bonds. The molecular formula is C20H24N6O. The predicted molar refractivity (Wildman–Crippen MR) is 108 cm³/mol. The molecule has 0 aliphatic carbocycles. The lowest BCUT2D eigenvalue weighted by molar-refractivity contribution is 0.182. The van der Waals surface area contributed by atoms with E-state index in [4.69, 9.17) is 10.1 Å². The van der Waals surface area contributed by atoms with Gasteiger partial charge in [0.25, 0.3) is 0 Å². The van der Waals surface area contributed by atoms with Gasteiger partial charge in [0, 0.05) is 45.8 Å². The second kappa shape index (κ2) is 9.05. The van der Waals surface area contributed by atoms with E-state index in [0.29, 0.717) is 13.2 Å². The van der Waals surface area contributed by atoms with Crippen molar-refractivity contribution < 1.29 is 4.74 Å². The summed E-state index contributed by atoms with van der Waals surface area (Å²) < 4.78 is 5.10. The average molecular weight is 364 g/mol. The number of amidine groups is 1. The summed E-state index contributed by atoms with van der Waals surface area (Å²) in [7, 11) is 3.50. The van der Waals surface area contributed by atoms with E-state index in [-0.39, 0.29) is 5.96 Å². The maximum Gasteiger partial charge on any atom is 0.219 e. The molecule has 140 valence electrons. The van der Waals surface area contributed by atoms with Gasteiger partial charge in [0.05, 0.1) is 18.5 Å². The minimum atomic E-state index is 0.204. The standard InChI is InChI=1S/C20H24N6O/c1-25(11-12-27-2)20(21)24-19-17(13-16-5-3-8-22-14-16)7-10-26(19)18-6-4-9-23-15-18/h3-6,8-9,13-15,21H,7,10-12H2,1-2H3. The van der Waals surface area contributed by atoms with Gasteiger partial charge in [-0.1, -0.05) is 6.07 Å². The maximum absolute atomic E-state index is 8.36. The fourth-order valence-corrected chi connectivity index (χ4v) is 2.84. The van der Waals surface area contributed by atoms with Gasteiger partial charge in [-0.3, -0.25) is 15.4 Å². The first kappa shape index (κ1) is 18.7. The molecule has 1 aliphatic heterocycles. The number of aliphatic imine (C=N–C) groups is 1. The smallest absolute Gasteiger partial charge is 0.219 e. The number of pyridine rings is 2. The van der Waals surface area contributed by atoms with Gasteiger partial charge < -0.3 is 14.5 Å². The first-order valence-electron chi connectivity index (χ1n) is 8.85. The van der Waals surface area contributed by atoms with Gasteiger partial charge in [0.2, 0.25) is 5.96 Å². The molecule has 0 radical (unpaired) electrons. The highest BCUT2D eigenvalue weighted by Gasteiger charge is 2.26. The Kier molecular flexibility index (Phi) is 6.27. The molecule has 0 unspecified atom stereocenters. The summed E-state index contributed by atoms with van der Waals surface area (Å²) in [6.07, 6.45) is 10.1. The minimum Gasteiger partial charge on any atom is -0.383 e. The van der Waals surface area contributed by atoms with Crippen molar-refractivity contribution in [2.24, 2.45) is 4.99 Å². The molecule has 27 heavy (non-hydrogen) atoms. The Bertz CT molecular complexity index is 819. The first-order valence-corrected chi connectivity index (χ1v) is 8.85. The van der Waals surface area contributed by atoms with Gasteiger partial charge in [0.15, 0.2) is 0 Å². The Morgan fingerprint density at radius 1 is 1.30 bits per heavy atom. The zero-order valence-corrected chi connectivity index (χ0v) is 15.7. The number of nitrogens with one attached hydrogen (secondary N) is 1. The minimum absolute atomic E-state index is 0.204. The number of anilines is 1. The van der Waals surface area contributed by atoms with Crippen molar-refractivity contribution in [3.63, 3.8) is 0 Å². The van der Waals surface area contributed by atoms with Crippen LogP contribution in [0.5, 0.6) is 0 Å². The van der Waals surface area contributed by atoms with Crippen LogP contribution >= 0.6 is 0 Å². The zero-order valence-electron chi connectivity index (χ0n) is 15.7. The molecule has 2 aromatic rings. The van der Waals surface area contributed by atoms with E-state index in [9.17, 15) is 0 Å². The molecule has 7 nitrogen and oxygen atoms in total. The van der Waals surface area contributed by atoms with Crippen molar-refractivity contribution in [3.05, 3.63) is 60.2 Å². The third-order valence-electron chi connectivity index (χ3n) is 4.33. The van der Waals surface area contributed by atoms with E-state index in [2.05, 4.69) is 25.9 Å². The van der Waals surface area contributed by atoms with E-state index in [1.54, 1.807) is 24.4 Å².